The van der Waals surface area contributed by atoms with Crippen LogP contribution in [0, 0.1) is 5.82 Å². The normalized spacial score (nSPS) is 12.4. The van der Waals surface area contributed by atoms with Crippen LogP contribution in [0.1, 0.15) is 62.5 Å². The number of carbonyl (C=O) groups is 1. The van der Waals surface area contributed by atoms with Crippen molar-refractivity contribution in [3.05, 3.63) is 77.2 Å². The summed E-state index contributed by atoms with van der Waals surface area (Å²) < 4.78 is 23.8. The number of aryl methyl sites for hydroxylation is 1. The van der Waals surface area contributed by atoms with Crippen molar-refractivity contribution < 1.29 is 18.4 Å². The maximum atomic E-state index is 13.3. The van der Waals surface area contributed by atoms with E-state index < -0.39 is 0 Å². The Hall–Kier alpha value is -3.22. The van der Waals surface area contributed by atoms with E-state index in [9.17, 15) is 9.18 Å². The highest BCUT2D eigenvalue weighted by atomic mass is 19.1. The van der Waals surface area contributed by atoms with Gasteiger partial charge < -0.3 is 14.6 Å². The van der Waals surface area contributed by atoms with E-state index in [1.165, 1.54) is 12.1 Å². The van der Waals surface area contributed by atoms with Crippen molar-refractivity contribution in [2.75, 3.05) is 7.11 Å². The molecule has 0 aliphatic rings. The van der Waals surface area contributed by atoms with Crippen LogP contribution in [0.3, 0.4) is 0 Å². The number of nitrogens with zero attached hydrogens (tertiary/aromatic N) is 2. The van der Waals surface area contributed by atoms with E-state index in [-0.39, 0.29) is 23.2 Å². The van der Waals surface area contributed by atoms with Gasteiger partial charge in [-0.3, -0.25) is 4.79 Å². The van der Waals surface area contributed by atoms with Crippen molar-refractivity contribution in [3.8, 4) is 5.75 Å². The third-order valence-electron chi connectivity index (χ3n) is 5.14. The largest absolute Gasteiger partial charge is 0.497 e. The quantitative estimate of drug-likeness (QED) is 0.511. The Bertz CT molecular complexity index is 1010. The number of amides is 1. The molecule has 7 heteroatoms. The second-order valence-corrected chi connectivity index (χ2v) is 8.84. The van der Waals surface area contributed by atoms with Crippen LogP contribution in [-0.4, -0.2) is 23.2 Å². The summed E-state index contributed by atoms with van der Waals surface area (Å²) in [5, 5.41) is 7.13. The summed E-state index contributed by atoms with van der Waals surface area (Å²) >= 11 is 0. The molecule has 0 spiro atoms. The maximum absolute atomic E-state index is 13.3. The highest BCUT2D eigenvalue weighted by Gasteiger charge is 2.21. The van der Waals surface area contributed by atoms with E-state index in [1.807, 2.05) is 45.0 Å². The molecule has 1 N–H and O–H groups in total. The van der Waals surface area contributed by atoms with Crippen molar-refractivity contribution in [1.82, 2.24) is 15.5 Å². The molecule has 0 radical (unpaired) electrons. The van der Waals surface area contributed by atoms with Crippen LogP contribution >= 0.6 is 0 Å². The zero-order chi connectivity index (χ0) is 23.1. The van der Waals surface area contributed by atoms with Crippen molar-refractivity contribution in [3.63, 3.8) is 0 Å². The Kier molecular flexibility index (Phi) is 7.62. The van der Waals surface area contributed by atoms with Gasteiger partial charge in [0.1, 0.15) is 11.6 Å². The SMILES string of the molecule is COc1ccc(C(Cc2ccc(F)cc2)NC(=O)CCCc2nc(C(C)(C)C)no2)cc1. The zero-order valence-electron chi connectivity index (χ0n) is 19.0. The highest BCUT2D eigenvalue weighted by molar-refractivity contribution is 5.76. The number of ether oxygens (including phenoxy) is 1. The Labute approximate surface area is 188 Å². The van der Waals surface area contributed by atoms with E-state index in [1.54, 1.807) is 19.2 Å². The Morgan fingerprint density at radius 3 is 2.41 bits per heavy atom. The van der Waals surface area contributed by atoms with Gasteiger partial charge in [-0.25, -0.2) is 4.39 Å². The fourth-order valence-corrected chi connectivity index (χ4v) is 3.27. The number of nitrogens with one attached hydrogen (secondary N) is 1. The number of methoxy groups -OCH3 is 1. The van der Waals surface area contributed by atoms with Crippen molar-refractivity contribution in [2.24, 2.45) is 0 Å². The van der Waals surface area contributed by atoms with Gasteiger partial charge in [-0.2, -0.15) is 4.98 Å². The van der Waals surface area contributed by atoms with Gasteiger partial charge in [0.2, 0.25) is 11.8 Å². The lowest BCUT2D eigenvalue weighted by Crippen LogP contribution is -2.29. The molecule has 1 aromatic heterocycles. The minimum absolute atomic E-state index is 0.0662. The molecule has 6 nitrogen and oxygen atoms in total. The summed E-state index contributed by atoms with van der Waals surface area (Å²) in [6, 6.07) is 13.7. The molecule has 0 fully saturated rings. The summed E-state index contributed by atoms with van der Waals surface area (Å²) in [4.78, 5) is 17.1. The molecular weight excluding hydrogens is 409 g/mol. The third-order valence-corrected chi connectivity index (χ3v) is 5.14. The molecule has 2 aromatic carbocycles. The molecule has 0 aliphatic heterocycles. The molecule has 0 bridgehead atoms. The van der Waals surface area contributed by atoms with Gasteiger partial charge in [0, 0.05) is 18.3 Å². The fraction of sp³-hybridized carbons (Fsp3) is 0.400. The zero-order valence-corrected chi connectivity index (χ0v) is 19.0. The van der Waals surface area contributed by atoms with E-state index in [0.29, 0.717) is 37.4 Å². The van der Waals surface area contributed by atoms with Gasteiger partial charge in [-0.05, 0) is 48.2 Å². The summed E-state index contributed by atoms with van der Waals surface area (Å²) in [5.74, 6) is 1.60. The van der Waals surface area contributed by atoms with Crippen molar-refractivity contribution in [2.45, 2.75) is 57.9 Å². The monoisotopic (exact) mass is 439 g/mol. The number of carbonyl (C=O) groups excluding carboxylic acids is 1. The molecule has 0 aliphatic carbocycles. The summed E-state index contributed by atoms with van der Waals surface area (Å²) in [5.41, 5.74) is 1.72. The topological polar surface area (TPSA) is 77.2 Å². The van der Waals surface area contributed by atoms with Gasteiger partial charge in [0.25, 0.3) is 0 Å². The molecule has 1 heterocycles. The van der Waals surface area contributed by atoms with Crippen LogP contribution < -0.4 is 10.1 Å². The minimum Gasteiger partial charge on any atom is -0.497 e. The second-order valence-electron chi connectivity index (χ2n) is 8.84. The van der Waals surface area contributed by atoms with E-state index in [2.05, 4.69) is 15.5 Å². The molecule has 3 rings (SSSR count). The predicted molar refractivity (Wildman–Crippen MR) is 120 cm³/mol. The van der Waals surface area contributed by atoms with Gasteiger partial charge >= 0.3 is 0 Å². The Morgan fingerprint density at radius 2 is 1.81 bits per heavy atom. The first-order valence-corrected chi connectivity index (χ1v) is 10.8. The van der Waals surface area contributed by atoms with Crippen molar-refractivity contribution in [1.29, 1.82) is 0 Å². The molecule has 1 atom stereocenters. The Balaban J connectivity index is 1.61. The predicted octanol–water partition coefficient (Wildman–Crippen LogP) is 4.94. The third kappa shape index (κ3) is 6.64. The lowest BCUT2D eigenvalue weighted by Gasteiger charge is -2.20. The van der Waals surface area contributed by atoms with Gasteiger partial charge in [-0.1, -0.05) is 50.2 Å². The summed E-state index contributed by atoms with van der Waals surface area (Å²) in [7, 11) is 1.61. The van der Waals surface area contributed by atoms with Crippen LogP contribution in [0.2, 0.25) is 0 Å². The van der Waals surface area contributed by atoms with Crippen molar-refractivity contribution >= 4 is 5.91 Å². The summed E-state index contributed by atoms with van der Waals surface area (Å²) in [6.07, 6.45) is 2.03. The van der Waals surface area contributed by atoms with Crippen LogP contribution in [-0.2, 0) is 23.1 Å². The molecule has 0 saturated carbocycles. The first-order valence-electron chi connectivity index (χ1n) is 10.8. The van der Waals surface area contributed by atoms with Crippen LogP contribution in [0.25, 0.3) is 0 Å². The Morgan fingerprint density at radius 1 is 1.12 bits per heavy atom. The van der Waals surface area contributed by atoms with Crippen LogP contribution in [0.15, 0.2) is 53.1 Å². The van der Waals surface area contributed by atoms with E-state index in [4.69, 9.17) is 9.26 Å². The number of benzene rings is 2. The number of rotatable bonds is 9. The number of aromatic nitrogens is 2. The van der Waals surface area contributed by atoms with Gasteiger partial charge in [0.05, 0.1) is 13.2 Å². The highest BCUT2D eigenvalue weighted by Crippen LogP contribution is 2.22. The van der Waals surface area contributed by atoms with E-state index in [0.717, 1.165) is 16.9 Å². The number of hydrogen-bond donors (Lipinski definition) is 1. The lowest BCUT2D eigenvalue weighted by molar-refractivity contribution is -0.121. The molecular formula is C25H30FN3O3. The van der Waals surface area contributed by atoms with Crippen LogP contribution in [0.4, 0.5) is 4.39 Å². The molecule has 32 heavy (non-hydrogen) atoms. The van der Waals surface area contributed by atoms with Gasteiger partial charge in [0.15, 0.2) is 5.82 Å². The lowest BCUT2D eigenvalue weighted by atomic mass is 9.96. The van der Waals surface area contributed by atoms with Crippen LogP contribution in [0.5, 0.6) is 5.75 Å². The molecule has 1 unspecified atom stereocenters. The minimum atomic E-state index is -0.283. The molecule has 0 saturated heterocycles. The number of halogens is 1. The standard InChI is InChI=1S/C25H30FN3O3/c1-25(2,3)24-28-23(32-29-24)7-5-6-22(30)27-21(16-17-8-12-19(26)13-9-17)18-10-14-20(31-4)15-11-18/h8-15,21H,5-7,16H2,1-4H3,(H,27,30). The average molecular weight is 440 g/mol. The second kappa shape index (κ2) is 10.4. The first-order chi connectivity index (χ1) is 15.2. The number of hydrogen-bond acceptors (Lipinski definition) is 5. The molecule has 3 aromatic rings. The molecule has 1 amide bonds. The average Bonchev–Trinajstić information content (AvgIpc) is 3.24. The molecule has 170 valence electrons. The van der Waals surface area contributed by atoms with Gasteiger partial charge in [-0.15, -0.1) is 0 Å². The fourth-order valence-electron chi connectivity index (χ4n) is 3.27. The summed E-state index contributed by atoms with van der Waals surface area (Å²) in [6.45, 7) is 6.07. The smallest absolute Gasteiger partial charge is 0.226 e. The first kappa shape index (κ1) is 23.4. The van der Waals surface area contributed by atoms with E-state index >= 15 is 0 Å². The maximum Gasteiger partial charge on any atom is 0.226 e.